The molecule has 2 aromatic carbocycles. The molecule has 2 aromatic rings. The van der Waals surface area contributed by atoms with Crippen molar-refractivity contribution in [2.75, 3.05) is 0 Å². The molecule has 120 valence electrons. The summed E-state index contributed by atoms with van der Waals surface area (Å²) in [4.78, 5) is 12.6. The molecule has 1 N–H and O–H groups in total. The largest absolute Gasteiger partial charge is 0.379 e. The smallest absolute Gasteiger partial charge is 0.189 e. The maximum atomic E-state index is 13.7. The van der Waals surface area contributed by atoms with Gasteiger partial charge in [0, 0.05) is 28.4 Å². The third-order valence-electron chi connectivity index (χ3n) is 4.06. The molecule has 0 amide bonds. The number of rotatable bonds is 2. The molecule has 0 radical (unpaired) electrons. The second-order valence-corrected chi connectivity index (χ2v) is 6.57. The molecule has 0 atom stereocenters. The zero-order valence-corrected chi connectivity index (χ0v) is 13.6. The lowest BCUT2D eigenvalue weighted by Crippen LogP contribution is -2.43. The van der Waals surface area contributed by atoms with Crippen molar-refractivity contribution in [3.05, 3.63) is 76.6 Å². The van der Waals surface area contributed by atoms with Crippen LogP contribution in [0, 0.1) is 17.1 Å². The summed E-state index contributed by atoms with van der Waals surface area (Å²) >= 11 is 0. The second kappa shape index (κ2) is 5.93. The van der Waals surface area contributed by atoms with Gasteiger partial charge >= 0.3 is 0 Å². The topological polar surface area (TPSA) is 52.9 Å². The Labute approximate surface area is 140 Å². The zero-order valence-electron chi connectivity index (χ0n) is 13.6. The fourth-order valence-electron chi connectivity index (χ4n) is 3.02. The van der Waals surface area contributed by atoms with Gasteiger partial charge in [-0.25, -0.2) is 4.39 Å². The number of carbonyl (C=O) groups is 1. The van der Waals surface area contributed by atoms with Crippen molar-refractivity contribution in [3.8, 4) is 6.07 Å². The number of allylic oxidation sites excluding steroid dienone is 1. The molecule has 0 saturated carbocycles. The Kier molecular flexibility index (Phi) is 3.94. The van der Waals surface area contributed by atoms with Crippen LogP contribution in [0.3, 0.4) is 0 Å². The summed E-state index contributed by atoms with van der Waals surface area (Å²) in [6, 6.07) is 13.3. The van der Waals surface area contributed by atoms with E-state index in [-0.39, 0.29) is 17.1 Å². The molecule has 1 aliphatic rings. The van der Waals surface area contributed by atoms with E-state index in [1.54, 1.807) is 30.3 Å². The number of hydrogen-bond acceptors (Lipinski definition) is 3. The first kappa shape index (κ1) is 15.9. The first-order valence-electron chi connectivity index (χ1n) is 7.72. The number of benzene rings is 2. The molecule has 1 heterocycles. The first-order chi connectivity index (χ1) is 11.4. The highest BCUT2D eigenvalue weighted by Crippen LogP contribution is 2.30. The van der Waals surface area contributed by atoms with E-state index < -0.39 is 0 Å². The van der Waals surface area contributed by atoms with E-state index in [4.69, 9.17) is 5.26 Å². The molecule has 0 fully saturated rings. The Balaban J connectivity index is 2.08. The summed E-state index contributed by atoms with van der Waals surface area (Å²) in [5.41, 5.74) is 2.69. The summed E-state index contributed by atoms with van der Waals surface area (Å²) in [7, 11) is 0. The molecule has 1 aliphatic heterocycles. The molecule has 0 spiro atoms. The van der Waals surface area contributed by atoms with Crippen LogP contribution in [-0.4, -0.2) is 11.3 Å². The molecule has 3 rings (SSSR count). The zero-order chi connectivity index (χ0) is 17.3. The van der Waals surface area contributed by atoms with Crippen molar-refractivity contribution in [1.82, 2.24) is 5.32 Å². The number of halogens is 1. The molecular formula is C20H17FN2O. The molecule has 4 heteroatoms. The lowest BCUT2D eigenvalue weighted by Gasteiger charge is -2.35. The van der Waals surface area contributed by atoms with Crippen LogP contribution in [0.4, 0.5) is 4.39 Å². The standard InChI is InChI=1S/C20H17FN2O/c1-20(2)11-13-7-8-15(21)9-17(13)18(23-20)10-19(24)16-6-4-3-5-14(16)12-22/h3-10,23H,11H2,1-2H3. The average molecular weight is 320 g/mol. The van der Waals surface area contributed by atoms with E-state index in [9.17, 15) is 9.18 Å². The van der Waals surface area contributed by atoms with E-state index in [0.717, 1.165) is 12.0 Å². The summed E-state index contributed by atoms with van der Waals surface area (Å²) in [6.45, 7) is 4.06. The van der Waals surface area contributed by atoms with Crippen molar-refractivity contribution in [2.24, 2.45) is 0 Å². The fraction of sp³-hybridized carbons (Fsp3) is 0.200. The highest BCUT2D eigenvalue weighted by molar-refractivity contribution is 6.10. The van der Waals surface area contributed by atoms with Crippen LogP contribution < -0.4 is 5.32 Å². The third-order valence-corrected chi connectivity index (χ3v) is 4.06. The lowest BCUT2D eigenvalue weighted by atomic mass is 9.85. The van der Waals surface area contributed by atoms with Crippen molar-refractivity contribution in [2.45, 2.75) is 25.8 Å². The minimum absolute atomic E-state index is 0.244. The maximum Gasteiger partial charge on any atom is 0.189 e. The van der Waals surface area contributed by atoms with E-state index >= 15 is 0 Å². The van der Waals surface area contributed by atoms with Crippen LogP contribution in [0.2, 0.25) is 0 Å². The summed E-state index contributed by atoms with van der Waals surface area (Å²) in [5.74, 6) is -0.617. The summed E-state index contributed by atoms with van der Waals surface area (Å²) in [6.07, 6.45) is 2.19. The van der Waals surface area contributed by atoms with Gasteiger partial charge < -0.3 is 5.32 Å². The average Bonchev–Trinajstić information content (AvgIpc) is 2.54. The van der Waals surface area contributed by atoms with Gasteiger partial charge in [-0.3, -0.25) is 4.79 Å². The molecule has 0 aromatic heterocycles. The van der Waals surface area contributed by atoms with E-state index in [0.29, 0.717) is 22.4 Å². The van der Waals surface area contributed by atoms with Gasteiger partial charge in [-0.2, -0.15) is 5.26 Å². The number of ketones is 1. The van der Waals surface area contributed by atoms with Gasteiger partial charge in [0.05, 0.1) is 11.6 Å². The van der Waals surface area contributed by atoms with E-state index in [1.807, 2.05) is 19.9 Å². The van der Waals surface area contributed by atoms with E-state index in [2.05, 4.69) is 5.32 Å². The van der Waals surface area contributed by atoms with Crippen molar-refractivity contribution >= 4 is 11.5 Å². The molecule has 0 saturated heterocycles. The van der Waals surface area contributed by atoms with Gasteiger partial charge in [0.25, 0.3) is 0 Å². The number of nitrogens with zero attached hydrogens (tertiary/aromatic N) is 1. The van der Waals surface area contributed by atoms with Gasteiger partial charge in [-0.05, 0) is 50.1 Å². The highest BCUT2D eigenvalue weighted by atomic mass is 19.1. The van der Waals surface area contributed by atoms with Crippen molar-refractivity contribution in [1.29, 1.82) is 5.26 Å². The summed E-state index contributed by atoms with van der Waals surface area (Å²) < 4.78 is 13.7. The second-order valence-electron chi connectivity index (χ2n) is 6.57. The van der Waals surface area contributed by atoms with Crippen molar-refractivity contribution in [3.63, 3.8) is 0 Å². The van der Waals surface area contributed by atoms with Crippen LogP contribution in [0.25, 0.3) is 5.70 Å². The van der Waals surface area contributed by atoms with Gasteiger partial charge in [0.1, 0.15) is 5.82 Å². The maximum absolute atomic E-state index is 13.7. The van der Waals surface area contributed by atoms with Gasteiger partial charge in [-0.1, -0.05) is 18.2 Å². The SMILES string of the molecule is CC1(C)Cc2ccc(F)cc2C(=CC(=O)c2ccccc2C#N)N1. The number of nitrogens with one attached hydrogen (secondary N) is 1. The monoisotopic (exact) mass is 320 g/mol. The van der Waals surface area contributed by atoms with Gasteiger partial charge in [0.15, 0.2) is 5.78 Å². The molecule has 3 nitrogen and oxygen atoms in total. The Morgan fingerprint density at radius 1 is 1.29 bits per heavy atom. The predicted octanol–water partition coefficient (Wildman–Crippen LogP) is 3.85. The summed E-state index contributed by atoms with van der Waals surface area (Å²) in [5, 5.41) is 12.5. The van der Waals surface area contributed by atoms with Crippen LogP contribution >= 0.6 is 0 Å². The van der Waals surface area contributed by atoms with Crippen molar-refractivity contribution < 1.29 is 9.18 Å². The first-order valence-corrected chi connectivity index (χ1v) is 7.72. The molecular weight excluding hydrogens is 303 g/mol. The van der Waals surface area contributed by atoms with Crippen LogP contribution in [0.5, 0.6) is 0 Å². The number of hydrogen-bond donors (Lipinski definition) is 1. The van der Waals surface area contributed by atoms with Crippen LogP contribution in [-0.2, 0) is 6.42 Å². The number of carbonyl (C=O) groups excluding carboxylic acids is 1. The Bertz CT molecular complexity index is 891. The molecule has 0 aliphatic carbocycles. The van der Waals surface area contributed by atoms with Crippen LogP contribution in [0.1, 0.15) is 40.9 Å². The number of fused-ring (bicyclic) bond motifs is 1. The van der Waals surface area contributed by atoms with Gasteiger partial charge in [-0.15, -0.1) is 0 Å². The Morgan fingerprint density at radius 3 is 2.79 bits per heavy atom. The van der Waals surface area contributed by atoms with Gasteiger partial charge in [0.2, 0.25) is 0 Å². The predicted molar refractivity (Wildman–Crippen MR) is 90.8 cm³/mol. The Hall–Kier alpha value is -2.93. The Morgan fingerprint density at radius 2 is 2.04 bits per heavy atom. The fourth-order valence-corrected chi connectivity index (χ4v) is 3.02. The minimum atomic E-state index is -0.342. The number of nitriles is 1. The molecule has 0 unspecified atom stereocenters. The molecule has 24 heavy (non-hydrogen) atoms. The third kappa shape index (κ3) is 3.07. The quantitative estimate of drug-likeness (QED) is 0.675. The lowest BCUT2D eigenvalue weighted by molar-refractivity contribution is 0.104. The van der Waals surface area contributed by atoms with Crippen LogP contribution in [0.15, 0.2) is 48.5 Å². The molecule has 0 bridgehead atoms. The normalized spacial score (nSPS) is 16.8. The highest BCUT2D eigenvalue weighted by Gasteiger charge is 2.28. The van der Waals surface area contributed by atoms with E-state index in [1.165, 1.54) is 18.2 Å². The minimum Gasteiger partial charge on any atom is -0.379 e.